The molecule has 8 nitrogen and oxygen atoms in total. The molecule has 11 heteroatoms. The molecule has 45 heavy (non-hydrogen) atoms. The van der Waals surface area contributed by atoms with E-state index in [4.69, 9.17) is 27.9 Å². The van der Waals surface area contributed by atoms with Crippen LogP contribution in [0.15, 0.2) is 102 Å². The summed E-state index contributed by atoms with van der Waals surface area (Å²) in [5.74, 6) is -0.430. The van der Waals surface area contributed by atoms with E-state index in [0.29, 0.717) is 28.0 Å². The molecule has 0 saturated carbocycles. The molecule has 2 amide bonds. The minimum absolute atomic E-state index is 0.0255. The van der Waals surface area contributed by atoms with E-state index in [-0.39, 0.29) is 23.5 Å². The number of benzene rings is 4. The van der Waals surface area contributed by atoms with Crippen LogP contribution in [0.4, 0.5) is 5.69 Å². The van der Waals surface area contributed by atoms with Crippen LogP contribution in [-0.4, -0.2) is 51.4 Å². The van der Waals surface area contributed by atoms with Crippen molar-refractivity contribution < 1.29 is 22.7 Å². The van der Waals surface area contributed by atoms with Crippen LogP contribution in [-0.2, 0) is 32.6 Å². The number of ether oxygens (including phenoxy) is 1. The molecule has 0 spiro atoms. The maximum atomic E-state index is 14.4. The molecule has 4 aromatic rings. The lowest BCUT2D eigenvalue weighted by Crippen LogP contribution is -2.53. The van der Waals surface area contributed by atoms with Gasteiger partial charge >= 0.3 is 0 Å². The van der Waals surface area contributed by atoms with Gasteiger partial charge in [-0.2, -0.15) is 0 Å². The van der Waals surface area contributed by atoms with Gasteiger partial charge in [0.15, 0.2) is 0 Å². The molecule has 0 bridgehead atoms. The first-order valence-electron chi connectivity index (χ1n) is 14.3. The zero-order chi connectivity index (χ0) is 32.6. The molecule has 4 aromatic carbocycles. The molecule has 0 heterocycles. The normalized spacial score (nSPS) is 11.8. The fraction of sp³-hybridized carbons (Fsp3) is 0.235. The van der Waals surface area contributed by atoms with Gasteiger partial charge in [0.1, 0.15) is 18.3 Å². The van der Waals surface area contributed by atoms with Gasteiger partial charge in [-0.1, -0.05) is 77.3 Å². The van der Waals surface area contributed by atoms with E-state index in [1.165, 1.54) is 24.1 Å². The van der Waals surface area contributed by atoms with Crippen LogP contribution in [0.25, 0.3) is 0 Å². The molecule has 0 radical (unpaired) electrons. The van der Waals surface area contributed by atoms with Crippen LogP contribution in [0, 0.1) is 6.92 Å². The SMILES string of the molecule is CCOc1ccc(N(CC(=O)N(Cc2ccc(Cl)c(Cl)c2)[C@H](Cc2ccccc2)C(=O)NC)S(=O)(=O)c2ccc(C)cc2)cc1. The first-order chi connectivity index (χ1) is 21.5. The molecule has 0 aliphatic heterocycles. The molecular formula is C34H35Cl2N3O5S. The lowest BCUT2D eigenvalue weighted by molar-refractivity contribution is -0.139. The van der Waals surface area contributed by atoms with Crippen molar-refractivity contribution in [2.24, 2.45) is 0 Å². The van der Waals surface area contributed by atoms with Gasteiger partial charge in [0.2, 0.25) is 11.8 Å². The smallest absolute Gasteiger partial charge is 0.264 e. The fourth-order valence-electron chi connectivity index (χ4n) is 4.80. The zero-order valence-electron chi connectivity index (χ0n) is 25.2. The number of rotatable bonds is 13. The number of carbonyl (C=O) groups is 2. The third-order valence-electron chi connectivity index (χ3n) is 7.18. The number of anilines is 1. The topological polar surface area (TPSA) is 96.0 Å². The second-order valence-corrected chi connectivity index (χ2v) is 13.0. The largest absolute Gasteiger partial charge is 0.494 e. The Kier molecular flexibility index (Phi) is 11.5. The summed E-state index contributed by atoms with van der Waals surface area (Å²) in [6, 6.07) is 26.2. The van der Waals surface area contributed by atoms with Gasteiger partial charge in [-0.3, -0.25) is 13.9 Å². The van der Waals surface area contributed by atoms with Gasteiger partial charge in [0.05, 0.1) is 27.2 Å². The van der Waals surface area contributed by atoms with Crippen molar-refractivity contribution >= 4 is 50.7 Å². The van der Waals surface area contributed by atoms with Crippen LogP contribution in [0.2, 0.25) is 10.0 Å². The third-order valence-corrected chi connectivity index (χ3v) is 9.71. The predicted molar refractivity (Wildman–Crippen MR) is 178 cm³/mol. The number of hydrogen-bond acceptors (Lipinski definition) is 5. The van der Waals surface area contributed by atoms with Crippen molar-refractivity contribution in [1.82, 2.24) is 10.2 Å². The van der Waals surface area contributed by atoms with Crippen LogP contribution < -0.4 is 14.4 Å². The lowest BCUT2D eigenvalue weighted by atomic mass is 10.0. The molecule has 4 rings (SSSR count). The number of amides is 2. The average Bonchev–Trinajstić information content (AvgIpc) is 3.04. The summed E-state index contributed by atoms with van der Waals surface area (Å²) < 4.78 is 34.8. The Labute approximate surface area is 274 Å². The number of halogens is 2. The zero-order valence-corrected chi connectivity index (χ0v) is 27.6. The molecule has 236 valence electrons. The van der Waals surface area contributed by atoms with Gasteiger partial charge in [0, 0.05) is 20.0 Å². The number of nitrogens with one attached hydrogen (secondary N) is 1. The Morgan fingerprint density at radius 1 is 0.867 bits per heavy atom. The lowest BCUT2D eigenvalue weighted by Gasteiger charge is -2.33. The standard InChI is InChI=1S/C34H35Cl2N3O5S/c1-4-44-28-15-13-27(14-16-28)39(45(42,43)29-17-10-24(2)11-18-29)23-33(40)38(22-26-12-19-30(35)31(36)20-26)32(34(41)37-3)21-25-8-6-5-7-9-25/h5-20,32H,4,21-23H2,1-3H3,(H,37,41)/t32-/m1/s1. The van der Waals surface area contributed by atoms with E-state index in [1.807, 2.05) is 44.2 Å². The fourth-order valence-corrected chi connectivity index (χ4v) is 6.53. The number of hydrogen-bond donors (Lipinski definition) is 1. The molecule has 1 N–H and O–H groups in total. The molecule has 1 atom stereocenters. The minimum atomic E-state index is -4.21. The van der Waals surface area contributed by atoms with Crippen LogP contribution in [0.3, 0.4) is 0 Å². The second kappa shape index (κ2) is 15.3. The molecule has 0 aromatic heterocycles. The third kappa shape index (κ3) is 8.57. The first kappa shape index (κ1) is 33.8. The number of aryl methyl sites for hydroxylation is 1. The van der Waals surface area contributed by atoms with E-state index in [0.717, 1.165) is 15.4 Å². The summed E-state index contributed by atoms with van der Waals surface area (Å²) >= 11 is 12.5. The Balaban J connectivity index is 1.79. The van der Waals surface area contributed by atoms with Crippen LogP contribution in [0.5, 0.6) is 5.75 Å². The minimum Gasteiger partial charge on any atom is -0.494 e. The maximum absolute atomic E-state index is 14.4. The average molecular weight is 669 g/mol. The van der Waals surface area contributed by atoms with E-state index < -0.39 is 34.4 Å². The van der Waals surface area contributed by atoms with Crippen molar-refractivity contribution in [2.45, 2.75) is 37.8 Å². The Bertz CT molecular complexity index is 1720. The van der Waals surface area contributed by atoms with Gasteiger partial charge in [-0.15, -0.1) is 0 Å². The Morgan fingerprint density at radius 3 is 2.13 bits per heavy atom. The maximum Gasteiger partial charge on any atom is 0.264 e. The number of carbonyl (C=O) groups excluding carboxylic acids is 2. The van der Waals surface area contributed by atoms with Crippen LogP contribution >= 0.6 is 23.2 Å². The van der Waals surface area contributed by atoms with Gasteiger partial charge < -0.3 is 15.0 Å². The molecule has 0 unspecified atom stereocenters. The number of likely N-dealkylation sites (N-methyl/N-ethyl adjacent to an activating group) is 1. The van der Waals surface area contributed by atoms with Crippen molar-refractivity contribution in [2.75, 3.05) is 24.5 Å². The van der Waals surface area contributed by atoms with E-state index in [2.05, 4.69) is 5.32 Å². The number of sulfonamides is 1. The van der Waals surface area contributed by atoms with Gasteiger partial charge in [-0.05, 0) is 73.5 Å². The summed E-state index contributed by atoms with van der Waals surface area (Å²) in [6.45, 7) is 3.55. The Morgan fingerprint density at radius 2 is 1.53 bits per heavy atom. The molecule has 0 aliphatic rings. The summed E-state index contributed by atoms with van der Waals surface area (Å²) in [7, 11) is -2.72. The molecular weight excluding hydrogens is 633 g/mol. The summed E-state index contributed by atoms with van der Waals surface area (Å²) in [4.78, 5) is 29.2. The van der Waals surface area contributed by atoms with Crippen molar-refractivity contribution in [1.29, 1.82) is 0 Å². The molecule has 0 fully saturated rings. The monoisotopic (exact) mass is 667 g/mol. The van der Waals surface area contributed by atoms with Crippen LogP contribution in [0.1, 0.15) is 23.6 Å². The van der Waals surface area contributed by atoms with E-state index in [9.17, 15) is 18.0 Å². The Hall–Kier alpha value is -4.05. The summed E-state index contributed by atoms with van der Waals surface area (Å²) in [5.41, 5.74) is 2.60. The highest BCUT2D eigenvalue weighted by atomic mass is 35.5. The highest BCUT2D eigenvalue weighted by Crippen LogP contribution is 2.28. The number of nitrogens with zero attached hydrogens (tertiary/aromatic N) is 2. The van der Waals surface area contributed by atoms with E-state index >= 15 is 0 Å². The van der Waals surface area contributed by atoms with Crippen molar-refractivity contribution in [3.63, 3.8) is 0 Å². The highest BCUT2D eigenvalue weighted by Gasteiger charge is 2.34. The van der Waals surface area contributed by atoms with Crippen molar-refractivity contribution in [3.05, 3.63) is 124 Å². The van der Waals surface area contributed by atoms with E-state index in [1.54, 1.807) is 54.6 Å². The second-order valence-electron chi connectivity index (χ2n) is 10.3. The predicted octanol–water partition coefficient (Wildman–Crippen LogP) is 6.28. The van der Waals surface area contributed by atoms with Gasteiger partial charge in [-0.25, -0.2) is 8.42 Å². The summed E-state index contributed by atoms with van der Waals surface area (Å²) in [5, 5.41) is 3.30. The highest BCUT2D eigenvalue weighted by molar-refractivity contribution is 7.92. The summed E-state index contributed by atoms with van der Waals surface area (Å²) in [6.07, 6.45) is 0.196. The first-order valence-corrected chi connectivity index (χ1v) is 16.5. The quantitative estimate of drug-likeness (QED) is 0.181. The van der Waals surface area contributed by atoms with Crippen molar-refractivity contribution in [3.8, 4) is 5.75 Å². The molecule has 0 saturated heterocycles. The molecule has 0 aliphatic carbocycles. The van der Waals surface area contributed by atoms with Gasteiger partial charge in [0.25, 0.3) is 10.0 Å².